The van der Waals surface area contributed by atoms with Gasteiger partial charge in [0, 0.05) is 17.3 Å². The molecule has 0 spiro atoms. The Morgan fingerprint density at radius 3 is 2.95 bits per heavy atom. The molecule has 0 bridgehead atoms. The van der Waals surface area contributed by atoms with Gasteiger partial charge in [-0.2, -0.15) is 0 Å². The van der Waals surface area contributed by atoms with Gasteiger partial charge in [0.15, 0.2) is 0 Å². The molecule has 0 saturated heterocycles. The molecule has 1 aromatic heterocycles. The van der Waals surface area contributed by atoms with Crippen LogP contribution in [0.3, 0.4) is 0 Å². The van der Waals surface area contributed by atoms with Gasteiger partial charge in [0.1, 0.15) is 5.82 Å². The molecular weight excluding hydrogens is 275 g/mol. The van der Waals surface area contributed by atoms with Gasteiger partial charge in [-0.1, -0.05) is 6.07 Å². The molecule has 1 aliphatic carbocycles. The van der Waals surface area contributed by atoms with E-state index in [0.29, 0.717) is 17.5 Å². The van der Waals surface area contributed by atoms with E-state index in [1.807, 2.05) is 6.07 Å². The second kappa shape index (κ2) is 5.89. The van der Waals surface area contributed by atoms with E-state index in [9.17, 15) is 9.18 Å². The maximum atomic E-state index is 13.1. The van der Waals surface area contributed by atoms with Gasteiger partial charge in [-0.05, 0) is 49.4 Å². The zero-order valence-electron chi connectivity index (χ0n) is 11.1. The van der Waals surface area contributed by atoms with Gasteiger partial charge in [0.25, 0.3) is 5.91 Å². The summed E-state index contributed by atoms with van der Waals surface area (Å²) < 4.78 is 13.9. The molecule has 1 aliphatic rings. The first kappa shape index (κ1) is 13.5. The SMILES string of the molecule is O=C(NCCCNC1CC1)c1cc2ccc(F)cc2s1. The Balaban J connectivity index is 1.52. The Morgan fingerprint density at radius 1 is 1.30 bits per heavy atom. The molecule has 0 aliphatic heterocycles. The summed E-state index contributed by atoms with van der Waals surface area (Å²) in [5.74, 6) is -0.338. The number of thiophene rings is 1. The molecule has 1 amide bonds. The van der Waals surface area contributed by atoms with Crippen LogP contribution >= 0.6 is 11.3 Å². The molecule has 2 aromatic rings. The first-order valence-corrected chi connectivity index (χ1v) is 7.75. The Bertz CT molecular complexity index is 621. The molecule has 0 unspecified atom stereocenters. The molecule has 3 rings (SSSR count). The summed E-state index contributed by atoms with van der Waals surface area (Å²) in [5.41, 5.74) is 0. The van der Waals surface area contributed by atoms with Crippen molar-refractivity contribution >= 4 is 27.3 Å². The van der Waals surface area contributed by atoms with Crippen molar-refractivity contribution in [2.75, 3.05) is 13.1 Å². The number of hydrogen-bond acceptors (Lipinski definition) is 3. The van der Waals surface area contributed by atoms with Crippen LogP contribution in [0.4, 0.5) is 4.39 Å². The van der Waals surface area contributed by atoms with Crippen LogP contribution in [0.1, 0.15) is 28.9 Å². The van der Waals surface area contributed by atoms with Crippen LogP contribution in [0.2, 0.25) is 0 Å². The second-order valence-corrected chi connectivity index (χ2v) is 6.21. The summed E-state index contributed by atoms with van der Waals surface area (Å²) in [7, 11) is 0. The molecule has 0 atom stereocenters. The zero-order chi connectivity index (χ0) is 13.9. The monoisotopic (exact) mass is 292 g/mol. The van der Waals surface area contributed by atoms with Gasteiger partial charge in [-0.15, -0.1) is 11.3 Å². The highest BCUT2D eigenvalue weighted by Gasteiger charge is 2.19. The standard InChI is InChI=1S/C15H17FN2OS/c16-11-3-2-10-8-14(20-13(10)9-11)15(19)18-7-1-6-17-12-4-5-12/h2-3,8-9,12,17H,1,4-7H2,(H,18,19). The lowest BCUT2D eigenvalue weighted by Crippen LogP contribution is -2.27. The topological polar surface area (TPSA) is 41.1 Å². The van der Waals surface area contributed by atoms with E-state index < -0.39 is 0 Å². The molecule has 2 N–H and O–H groups in total. The van der Waals surface area contributed by atoms with Crippen molar-refractivity contribution in [3.05, 3.63) is 35.0 Å². The van der Waals surface area contributed by atoms with Gasteiger partial charge >= 0.3 is 0 Å². The zero-order valence-corrected chi connectivity index (χ0v) is 11.9. The first-order chi connectivity index (χ1) is 9.72. The van der Waals surface area contributed by atoms with Crippen LogP contribution in [-0.2, 0) is 0 Å². The lowest BCUT2D eigenvalue weighted by molar-refractivity contribution is 0.0957. The fourth-order valence-corrected chi connectivity index (χ4v) is 3.09. The lowest BCUT2D eigenvalue weighted by atomic mass is 10.2. The van der Waals surface area contributed by atoms with Gasteiger partial charge in [0.05, 0.1) is 4.88 Å². The Hall–Kier alpha value is -1.46. The van der Waals surface area contributed by atoms with Crippen molar-refractivity contribution < 1.29 is 9.18 Å². The minimum absolute atomic E-state index is 0.0713. The Labute approximate surface area is 121 Å². The van der Waals surface area contributed by atoms with Crippen LogP contribution in [0.5, 0.6) is 0 Å². The summed E-state index contributed by atoms with van der Waals surface area (Å²) >= 11 is 1.33. The van der Waals surface area contributed by atoms with Crippen molar-refractivity contribution in [1.29, 1.82) is 0 Å². The van der Waals surface area contributed by atoms with E-state index >= 15 is 0 Å². The highest BCUT2D eigenvalue weighted by Crippen LogP contribution is 2.26. The van der Waals surface area contributed by atoms with E-state index in [2.05, 4.69) is 10.6 Å². The summed E-state index contributed by atoms with van der Waals surface area (Å²) in [6.07, 6.45) is 3.50. The predicted molar refractivity (Wildman–Crippen MR) is 79.8 cm³/mol. The van der Waals surface area contributed by atoms with E-state index in [4.69, 9.17) is 0 Å². The number of carbonyl (C=O) groups is 1. The van der Waals surface area contributed by atoms with Crippen molar-refractivity contribution in [3.8, 4) is 0 Å². The number of rotatable bonds is 6. The summed E-state index contributed by atoms with van der Waals surface area (Å²) in [6, 6.07) is 7.12. The summed E-state index contributed by atoms with van der Waals surface area (Å²) in [4.78, 5) is 12.6. The summed E-state index contributed by atoms with van der Waals surface area (Å²) in [5, 5.41) is 7.23. The lowest BCUT2D eigenvalue weighted by Gasteiger charge is -2.04. The minimum atomic E-state index is -0.266. The maximum absolute atomic E-state index is 13.1. The Kier molecular flexibility index (Phi) is 3.98. The summed E-state index contributed by atoms with van der Waals surface area (Å²) in [6.45, 7) is 1.61. The number of halogens is 1. The van der Waals surface area contributed by atoms with E-state index in [1.165, 1.54) is 36.3 Å². The maximum Gasteiger partial charge on any atom is 0.261 e. The molecule has 5 heteroatoms. The second-order valence-electron chi connectivity index (χ2n) is 5.13. The average molecular weight is 292 g/mol. The molecular formula is C15H17FN2OS. The van der Waals surface area contributed by atoms with E-state index in [0.717, 1.165) is 23.1 Å². The van der Waals surface area contributed by atoms with E-state index in [-0.39, 0.29) is 11.7 Å². The van der Waals surface area contributed by atoms with Gasteiger partial charge in [-0.25, -0.2) is 4.39 Å². The van der Waals surface area contributed by atoms with Crippen molar-refractivity contribution in [3.63, 3.8) is 0 Å². The molecule has 20 heavy (non-hydrogen) atoms. The van der Waals surface area contributed by atoms with Gasteiger partial charge < -0.3 is 10.6 Å². The van der Waals surface area contributed by atoms with Gasteiger partial charge in [0.2, 0.25) is 0 Å². The van der Waals surface area contributed by atoms with Crippen LogP contribution in [-0.4, -0.2) is 25.0 Å². The normalized spacial score (nSPS) is 14.7. The van der Waals surface area contributed by atoms with Crippen LogP contribution in [0, 0.1) is 5.82 Å². The number of carbonyl (C=O) groups excluding carboxylic acids is 1. The van der Waals surface area contributed by atoms with Crippen LogP contribution in [0.15, 0.2) is 24.3 Å². The quantitative estimate of drug-likeness (QED) is 0.804. The van der Waals surface area contributed by atoms with Gasteiger partial charge in [-0.3, -0.25) is 4.79 Å². The first-order valence-electron chi connectivity index (χ1n) is 6.93. The number of amides is 1. The fraction of sp³-hybridized carbons (Fsp3) is 0.400. The fourth-order valence-electron chi connectivity index (χ4n) is 2.09. The third-order valence-electron chi connectivity index (χ3n) is 3.36. The third kappa shape index (κ3) is 3.35. The molecule has 0 radical (unpaired) electrons. The number of nitrogens with one attached hydrogen (secondary N) is 2. The van der Waals surface area contributed by atoms with Crippen molar-refractivity contribution in [1.82, 2.24) is 10.6 Å². The van der Waals surface area contributed by atoms with Crippen molar-refractivity contribution in [2.24, 2.45) is 0 Å². The highest BCUT2D eigenvalue weighted by molar-refractivity contribution is 7.20. The number of fused-ring (bicyclic) bond motifs is 1. The third-order valence-corrected chi connectivity index (χ3v) is 4.45. The number of hydrogen-bond donors (Lipinski definition) is 2. The smallest absolute Gasteiger partial charge is 0.261 e. The molecule has 1 heterocycles. The average Bonchev–Trinajstić information content (AvgIpc) is 3.15. The van der Waals surface area contributed by atoms with Crippen molar-refractivity contribution in [2.45, 2.75) is 25.3 Å². The molecule has 3 nitrogen and oxygen atoms in total. The molecule has 1 fully saturated rings. The molecule has 1 aromatic carbocycles. The molecule has 1 saturated carbocycles. The highest BCUT2D eigenvalue weighted by atomic mass is 32.1. The van der Waals surface area contributed by atoms with Crippen LogP contribution < -0.4 is 10.6 Å². The predicted octanol–water partition coefficient (Wildman–Crippen LogP) is 2.91. The molecule has 106 valence electrons. The van der Waals surface area contributed by atoms with E-state index in [1.54, 1.807) is 6.07 Å². The minimum Gasteiger partial charge on any atom is -0.351 e. The largest absolute Gasteiger partial charge is 0.351 e. The Morgan fingerprint density at radius 2 is 2.15 bits per heavy atom. The van der Waals surface area contributed by atoms with Crippen LogP contribution in [0.25, 0.3) is 10.1 Å². The number of benzene rings is 1.